The molecular weight excluding hydrogens is 398 g/mol. The van der Waals surface area contributed by atoms with Crippen molar-refractivity contribution in [2.45, 2.75) is 83.6 Å². The van der Waals surface area contributed by atoms with Crippen LogP contribution in [0.1, 0.15) is 71.5 Å². The lowest BCUT2D eigenvalue weighted by atomic mass is 9.72. The van der Waals surface area contributed by atoms with Crippen molar-refractivity contribution in [3.63, 3.8) is 0 Å². The Morgan fingerprint density at radius 3 is 2.71 bits per heavy atom. The number of amides is 1. The number of benzene rings is 1. The van der Waals surface area contributed by atoms with E-state index in [1.165, 1.54) is 0 Å². The number of ether oxygens (including phenoxy) is 2. The van der Waals surface area contributed by atoms with Crippen LogP contribution in [0.25, 0.3) is 0 Å². The number of carbonyl (C=O) groups is 2. The highest BCUT2D eigenvalue weighted by Crippen LogP contribution is 2.54. The Morgan fingerprint density at radius 1 is 1.26 bits per heavy atom. The molecule has 2 fully saturated rings. The number of para-hydroxylation sites is 1. The monoisotopic (exact) mass is 431 g/mol. The number of fused-ring (bicyclic) bond motifs is 4. The van der Waals surface area contributed by atoms with Crippen LogP contribution in [0.5, 0.6) is 11.5 Å². The van der Waals surface area contributed by atoms with Crippen LogP contribution >= 0.6 is 0 Å². The van der Waals surface area contributed by atoms with Gasteiger partial charge < -0.3 is 24.6 Å². The van der Waals surface area contributed by atoms with Crippen LogP contribution in [0, 0.1) is 11.3 Å². The van der Waals surface area contributed by atoms with Crippen LogP contribution in [0.15, 0.2) is 18.2 Å². The van der Waals surface area contributed by atoms with Crippen LogP contribution in [0.2, 0.25) is 0 Å². The summed E-state index contributed by atoms with van der Waals surface area (Å²) in [6, 6.07) is 5.33. The van der Waals surface area contributed by atoms with Gasteiger partial charge in [0.1, 0.15) is 5.60 Å². The average molecular weight is 432 g/mol. The number of carboxylic acids is 1. The van der Waals surface area contributed by atoms with E-state index < -0.39 is 17.0 Å². The maximum Gasteiger partial charge on any atom is 0.303 e. The first-order valence-corrected chi connectivity index (χ1v) is 11.2. The normalized spacial score (nSPS) is 29.2. The lowest BCUT2D eigenvalue weighted by molar-refractivity contribution is -0.194. The van der Waals surface area contributed by atoms with E-state index >= 15 is 0 Å². The molecule has 3 heterocycles. The molecule has 31 heavy (non-hydrogen) atoms. The third-order valence-electron chi connectivity index (χ3n) is 7.07. The van der Waals surface area contributed by atoms with Gasteiger partial charge in [0.05, 0.1) is 24.7 Å². The van der Waals surface area contributed by atoms with Crippen molar-refractivity contribution in [3.05, 3.63) is 23.8 Å². The van der Waals surface area contributed by atoms with E-state index in [9.17, 15) is 14.7 Å². The van der Waals surface area contributed by atoms with Gasteiger partial charge in [-0.25, -0.2) is 0 Å². The molecule has 1 aromatic rings. The summed E-state index contributed by atoms with van der Waals surface area (Å²) in [6.07, 6.45) is 2.39. The van der Waals surface area contributed by atoms with E-state index in [0.29, 0.717) is 12.3 Å². The van der Waals surface area contributed by atoms with Gasteiger partial charge in [-0.3, -0.25) is 9.59 Å². The highest BCUT2D eigenvalue weighted by molar-refractivity contribution is 5.78. The molecule has 3 aliphatic rings. The molecule has 2 N–H and O–H groups in total. The zero-order valence-corrected chi connectivity index (χ0v) is 18.8. The van der Waals surface area contributed by atoms with Crippen LogP contribution in [0.4, 0.5) is 0 Å². The molecule has 0 spiro atoms. The number of carboxylic acid groups (broad SMARTS) is 1. The second-order valence-electron chi connectivity index (χ2n) is 10.5. The minimum atomic E-state index is -0.888. The second-order valence-corrected chi connectivity index (χ2v) is 10.5. The fourth-order valence-corrected chi connectivity index (χ4v) is 5.57. The maximum absolute atomic E-state index is 13.2. The first-order chi connectivity index (χ1) is 14.5. The molecule has 0 aliphatic carbocycles. The van der Waals surface area contributed by atoms with Crippen LogP contribution in [0.3, 0.4) is 0 Å². The Bertz CT molecular complexity index is 879. The first-order valence-electron chi connectivity index (χ1n) is 11.2. The second kappa shape index (κ2) is 7.69. The van der Waals surface area contributed by atoms with E-state index in [4.69, 9.17) is 14.6 Å². The molecule has 0 aromatic heterocycles. The third kappa shape index (κ3) is 4.12. The van der Waals surface area contributed by atoms with E-state index in [1.807, 2.05) is 44.7 Å². The van der Waals surface area contributed by atoms with Crippen molar-refractivity contribution in [2.75, 3.05) is 6.54 Å². The minimum Gasteiger partial charge on any atom is -0.504 e. The van der Waals surface area contributed by atoms with Gasteiger partial charge in [-0.1, -0.05) is 26.0 Å². The van der Waals surface area contributed by atoms with Gasteiger partial charge in [0, 0.05) is 24.4 Å². The smallest absolute Gasteiger partial charge is 0.303 e. The van der Waals surface area contributed by atoms with Crippen molar-refractivity contribution in [2.24, 2.45) is 11.3 Å². The molecule has 4 rings (SSSR count). The molecule has 1 amide bonds. The molecule has 0 saturated carbocycles. The number of phenols is 1. The quantitative estimate of drug-likeness (QED) is 0.751. The van der Waals surface area contributed by atoms with Gasteiger partial charge in [-0.2, -0.15) is 0 Å². The predicted molar refractivity (Wildman–Crippen MR) is 114 cm³/mol. The molecule has 3 aliphatic heterocycles. The summed E-state index contributed by atoms with van der Waals surface area (Å²) in [5, 5.41) is 19.5. The summed E-state index contributed by atoms with van der Waals surface area (Å²) < 4.78 is 12.8. The number of hydrogen-bond donors (Lipinski definition) is 2. The number of carbonyl (C=O) groups excluding carboxylic acids is 1. The number of rotatable bonds is 4. The SMILES string of the molecule is CC(C)(CC(=O)O)CC(=O)N1CCC[C@@H]2O[C@@H]3c4cccc(O)c4OC(C)(C)[C@H]3C[C@@H]21. The number of aromatic hydroxyl groups is 1. The molecular formula is C24H33NO6. The van der Waals surface area contributed by atoms with Crippen molar-refractivity contribution in [1.29, 1.82) is 0 Å². The van der Waals surface area contributed by atoms with Crippen molar-refractivity contribution in [3.8, 4) is 11.5 Å². The van der Waals surface area contributed by atoms with Crippen LogP contribution < -0.4 is 4.74 Å². The number of phenolic OH excluding ortho intramolecular Hbond substituents is 1. The van der Waals surface area contributed by atoms with E-state index in [2.05, 4.69) is 0 Å². The Hall–Kier alpha value is -2.28. The van der Waals surface area contributed by atoms with Crippen LogP contribution in [-0.2, 0) is 14.3 Å². The van der Waals surface area contributed by atoms with Gasteiger partial charge in [0.15, 0.2) is 11.5 Å². The van der Waals surface area contributed by atoms with Crippen molar-refractivity contribution >= 4 is 11.9 Å². The topological polar surface area (TPSA) is 96.3 Å². The molecule has 0 radical (unpaired) electrons. The molecule has 2 saturated heterocycles. The van der Waals surface area contributed by atoms with Crippen LogP contribution in [-0.4, -0.2) is 51.3 Å². The number of likely N-dealkylation sites (tertiary alicyclic amines) is 1. The molecule has 1 aromatic carbocycles. The number of piperidine rings is 1. The maximum atomic E-state index is 13.2. The standard InChI is InChI=1S/C24H33NO6/c1-23(2,13-20(28)29)12-19(27)25-10-6-9-18-16(25)11-15-21(30-18)14-7-5-8-17(26)22(14)31-24(15,3)4/h5,7-8,15-16,18,21,26H,6,9-13H2,1-4H3,(H,28,29)/t15-,16-,18-,21+/m0/s1. The Labute approximate surface area is 183 Å². The highest BCUT2D eigenvalue weighted by atomic mass is 16.5. The largest absolute Gasteiger partial charge is 0.504 e. The van der Waals surface area contributed by atoms with Crippen molar-refractivity contribution < 1.29 is 29.3 Å². The number of hydrogen-bond acceptors (Lipinski definition) is 5. The minimum absolute atomic E-state index is 0.00409. The lowest BCUT2D eigenvalue weighted by Crippen LogP contribution is -2.60. The first kappa shape index (κ1) is 21.9. The fourth-order valence-electron chi connectivity index (χ4n) is 5.57. The summed E-state index contributed by atoms with van der Waals surface area (Å²) >= 11 is 0. The van der Waals surface area contributed by atoms with E-state index in [1.54, 1.807) is 6.07 Å². The van der Waals surface area contributed by atoms with Gasteiger partial charge in [0.2, 0.25) is 5.91 Å². The fraction of sp³-hybridized carbons (Fsp3) is 0.667. The van der Waals surface area contributed by atoms with Gasteiger partial charge in [-0.15, -0.1) is 0 Å². The average Bonchev–Trinajstić information content (AvgIpc) is 2.65. The molecule has 170 valence electrons. The van der Waals surface area contributed by atoms with E-state index in [0.717, 1.165) is 24.8 Å². The summed E-state index contributed by atoms with van der Waals surface area (Å²) in [7, 11) is 0. The van der Waals surface area contributed by atoms with Crippen molar-refractivity contribution in [1.82, 2.24) is 4.90 Å². The van der Waals surface area contributed by atoms with E-state index in [-0.39, 0.29) is 48.7 Å². The van der Waals surface area contributed by atoms with Gasteiger partial charge >= 0.3 is 5.97 Å². The Kier molecular flexibility index (Phi) is 5.44. The summed E-state index contributed by atoms with van der Waals surface area (Å²) in [5.74, 6) is -0.248. The molecule has 7 nitrogen and oxygen atoms in total. The molecule has 4 atom stereocenters. The summed E-state index contributed by atoms with van der Waals surface area (Å²) in [5.41, 5.74) is -0.290. The zero-order chi connectivity index (χ0) is 22.6. The Morgan fingerprint density at radius 2 is 2.00 bits per heavy atom. The highest BCUT2D eigenvalue weighted by Gasteiger charge is 2.53. The lowest BCUT2D eigenvalue weighted by Gasteiger charge is -2.54. The predicted octanol–water partition coefficient (Wildman–Crippen LogP) is 3.89. The number of aliphatic carboxylic acids is 1. The summed E-state index contributed by atoms with van der Waals surface area (Å²) in [4.78, 5) is 26.3. The van der Waals surface area contributed by atoms with Gasteiger partial charge in [-0.05, 0) is 44.6 Å². The third-order valence-corrected chi connectivity index (χ3v) is 7.07. The summed E-state index contributed by atoms with van der Waals surface area (Å²) in [6.45, 7) is 8.34. The molecule has 7 heteroatoms. The Balaban J connectivity index is 1.58. The molecule has 0 bridgehead atoms. The van der Waals surface area contributed by atoms with Gasteiger partial charge in [0.25, 0.3) is 0 Å². The molecule has 0 unspecified atom stereocenters. The zero-order valence-electron chi connectivity index (χ0n) is 18.8. The number of nitrogens with zero attached hydrogens (tertiary/aromatic N) is 1.